The van der Waals surface area contributed by atoms with Crippen LogP contribution in [0.15, 0.2) is 176 Å². The molecule has 1 aromatic heterocycles. The molecule has 0 amide bonds. The number of hydrogen-bond acceptors (Lipinski definition) is 3. The van der Waals surface area contributed by atoms with Crippen molar-refractivity contribution in [2.75, 3.05) is 0 Å². The number of aromatic nitrogens is 3. The summed E-state index contributed by atoms with van der Waals surface area (Å²) in [5.74, 6) is 1.96. The minimum Gasteiger partial charge on any atom is -0.208 e. The Morgan fingerprint density at radius 3 is 1.29 bits per heavy atom. The topological polar surface area (TPSA) is 38.7 Å². The van der Waals surface area contributed by atoms with Crippen LogP contribution in [-0.2, 0) is 10.8 Å². The van der Waals surface area contributed by atoms with Crippen LogP contribution < -0.4 is 0 Å². The molecule has 1 heterocycles. The molecule has 8 aromatic rings. The maximum Gasteiger partial charge on any atom is 0.164 e. The number of rotatable bonds is 4. The zero-order valence-electron chi connectivity index (χ0n) is 29.1. The van der Waals surface area contributed by atoms with Crippen molar-refractivity contribution in [3.63, 3.8) is 0 Å². The first kappa shape index (κ1) is 30.4. The Balaban J connectivity index is 1.20. The van der Waals surface area contributed by atoms with E-state index in [1.54, 1.807) is 0 Å². The SMILES string of the molecule is CC1(C)c2ccccc2C2(c3ccccc3-c3ccc(-c4nc(-c5ccccc5)nc(-c5ccc(-c6ccccc6)cc5)n4)cc32)c2ccccc21. The predicted octanol–water partition coefficient (Wildman–Crippen LogP) is 11.5. The third-order valence-electron chi connectivity index (χ3n) is 11.2. The van der Waals surface area contributed by atoms with Crippen LogP contribution in [0.1, 0.15) is 47.2 Å². The van der Waals surface area contributed by atoms with E-state index in [0.29, 0.717) is 17.5 Å². The molecular weight excluding hydrogens is 631 g/mol. The summed E-state index contributed by atoms with van der Waals surface area (Å²) < 4.78 is 0. The highest BCUT2D eigenvalue weighted by Crippen LogP contribution is 2.62. The van der Waals surface area contributed by atoms with Gasteiger partial charge in [-0.2, -0.15) is 0 Å². The number of benzene rings is 7. The first-order valence-electron chi connectivity index (χ1n) is 18.0. The average Bonchev–Trinajstić information content (AvgIpc) is 3.51. The van der Waals surface area contributed by atoms with Gasteiger partial charge in [0.15, 0.2) is 17.5 Å². The Bertz CT molecular complexity index is 2590. The largest absolute Gasteiger partial charge is 0.208 e. The van der Waals surface area contributed by atoms with Crippen LogP contribution in [0.5, 0.6) is 0 Å². The Labute approximate surface area is 304 Å². The maximum absolute atomic E-state index is 5.20. The molecule has 10 rings (SSSR count). The summed E-state index contributed by atoms with van der Waals surface area (Å²) in [5.41, 5.74) is 15.0. The second-order valence-corrected chi connectivity index (χ2v) is 14.4. The minimum absolute atomic E-state index is 0.155. The van der Waals surface area contributed by atoms with Gasteiger partial charge in [0.1, 0.15) is 0 Å². The molecule has 0 fully saturated rings. The lowest BCUT2D eigenvalue weighted by Crippen LogP contribution is -2.40. The van der Waals surface area contributed by atoms with Crippen LogP contribution in [-0.4, -0.2) is 15.0 Å². The van der Waals surface area contributed by atoms with Crippen LogP contribution in [0, 0.1) is 0 Å². The van der Waals surface area contributed by atoms with Gasteiger partial charge in [-0.15, -0.1) is 0 Å². The number of fused-ring (bicyclic) bond motifs is 9. The van der Waals surface area contributed by atoms with Crippen molar-refractivity contribution < 1.29 is 0 Å². The molecule has 0 radical (unpaired) electrons. The maximum atomic E-state index is 5.20. The zero-order valence-corrected chi connectivity index (χ0v) is 29.1. The Kier molecular flexibility index (Phi) is 6.74. The van der Waals surface area contributed by atoms with E-state index in [4.69, 9.17) is 15.0 Å². The smallest absolute Gasteiger partial charge is 0.164 e. The van der Waals surface area contributed by atoms with Crippen LogP contribution in [0.2, 0.25) is 0 Å². The van der Waals surface area contributed by atoms with E-state index < -0.39 is 5.41 Å². The summed E-state index contributed by atoms with van der Waals surface area (Å²) in [6.07, 6.45) is 0. The zero-order chi connectivity index (χ0) is 34.9. The van der Waals surface area contributed by atoms with Gasteiger partial charge >= 0.3 is 0 Å². The Morgan fingerprint density at radius 2 is 0.692 bits per heavy atom. The van der Waals surface area contributed by atoms with E-state index >= 15 is 0 Å². The summed E-state index contributed by atoms with van der Waals surface area (Å²) in [6.45, 7) is 4.72. The molecule has 246 valence electrons. The average molecular weight is 666 g/mol. The van der Waals surface area contributed by atoms with E-state index in [1.165, 1.54) is 50.1 Å². The molecule has 2 aliphatic carbocycles. The minimum atomic E-state index is -0.490. The number of hydrogen-bond donors (Lipinski definition) is 0. The van der Waals surface area contributed by atoms with Gasteiger partial charge in [-0.05, 0) is 61.7 Å². The molecule has 0 unspecified atom stereocenters. The molecule has 52 heavy (non-hydrogen) atoms. The van der Waals surface area contributed by atoms with Gasteiger partial charge in [0.2, 0.25) is 0 Å². The molecule has 0 N–H and O–H groups in total. The Morgan fingerprint density at radius 1 is 0.308 bits per heavy atom. The molecule has 0 saturated carbocycles. The molecule has 0 aliphatic heterocycles. The molecule has 0 atom stereocenters. The van der Waals surface area contributed by atoms with Crippen LogP contribution >= 0.6 is 0 Å². The number of nitrogens with zero attached hydrogens (tertiary/aromatic N) is 3. The van der Waals surface area contributed by atoms with Crippen molar-refractivity contribution in [2.24, 2.45) is 0 Å². The lowest BCUT2D eigenvalue weighted by molar-refractivity contribution is 0.563. The third-order valence-corrected chi connectivity index (χ3v) is 11.2. The summed E-state index contributed by atoms with van der Waals surface area (Å²) in [7, 11) is 0. The molecular formula is C49H35N3. The molecule has 3 nitrogen and oxygen atoms in total. The molecule has 0 bridgehead atoms. The standard InChI is InChI=1S/C49H35N3/c1-48(2)40-21-11-13-23-42(40)49(43-24-14-12-22-41(43)48)39-20-10-9-19-37(39)38-30-29-36(31-44(38)49)47-51-45(34-17-7-4-8-18-34)50-46(52-47)35-27-25-33(26-28-35)32-15-5-3-6-16-32/h3-31H,1-2H3. The van der Waals surface area contributed by atoms with E-state index in [9.17, 15) is 0 Å². The van der Waals surface area contributed by atoms with E-state index in [-0.39, 0.29) is 5.41 Å². The van der Waals surface area contributed by atoms with E-state index in [1.807, 2.05) is 24.3 Å². The van der Waals surface area contributed by atoms with Gasteiger partial charge in [-0.1, -0.05) is 184 Å². The normalized spacial score (nSPS) is 14.3. The summed E-state index contributed by atoms with van der Waals surface area (Å²) in [6, 6.07) is 63.0. The van der Waals surface area contributed by atoms with Crippen LogP contribution in [0.4, 0.5) is 0 Å². The Hall–Kier alpha value is -6.45. The first-order chi connectivity index (χ1) is 25.5. The fraction of sp³-hybridized carbons (Fsp3) is 0.0816. The quantitative estimate of drug-likeness (QED) is 0.188. The van der Waals surface area contributed by atoms with E-state index in [2.05, 4.69) is 166 Å². The first-order valence-corrected chi connectivity index (χ1v) is 18.0. The van der Waals surface area contributed by atoms with Gasteiger partial charge in [0.05, 0.1) is 5.41 Å². The highest BCUT2D eigenvalue weighted by Gasteiger charge is 2.53. The fourth-order valence-corrected chi connectivity index (χ4v) is 8.79. The van der Waals surface area contributed by atoms with Gasteiger partial charge in [-0.3, -0.25) is 0 Å². The molecule has 1 spiro atoms. The monoisotopic (exact) mass is 665 g/mol. The molecule has 2 aliphatic rings. The van der Waals surface area contributed by atoms with Gasteiger partial charge in [-0.25, -0.2) is 15.0 Å². The van der Waals surface area contributed by atoms with Crippen molar-refractivity contribution in [1.82, 2.24) is 15.0 Å². The lowest BCUT2D eigenvalue weighted by Gasteiger charge is -2.46. The van der Waals surface area contributed by atoms with Crippen LogP contribution in [0.25, 0.3) is 56.4 Å². The van der Waals surface area contributed by atoms with E-state index in [0.717, 1.165) is 22.3 Å². The predicted molar refractivity (Wildman–Crippen MR) is 211 cm³/mol. The summed E-state index contributed by atoms with van der Waals surface area (Å²) in [4.78, 5) is 15.4. The van der Waals surface area contributed by atoms with Crippen molar-refractivity contribution in [2.45, 2.75) is 24.7 Å². The highest BCUT2D eigenvalue weighted by atomic mass is 15.0. The van der Waals surface area contributed by atoms with Gasteiger partial charge in [0, 0.05) is 22.1 Å². The van der Waals surface area contributed by atoms with Crippen molar-refractivity contribution in [1.29, 1.82) is 0 Å². The molecule has 3 heteroatoms. The van der Waals surface area contributed by atoms with Crippen LogP contribution in [0.3, 0.4) is 0 Å². The second-order valence-electron chi connectivity index (χ2n) is 14.4. The van der Waals surface area contributed by atoms with Gasteiger partial charge in [0.25, 0.3) is 0 Å². The third kappa shape index (κ3) is 4.42. The second kappa shape index (κ2) is 11.5. The van der Waals surface area contributed by atoms with Crippen molar-refractivity contribution >= 4 is 0 Å². The van der Waals surface area contributed by atoms with Crippen molar-refractivity contribution in [3.8, 4) is 56.4 Å². The van der Waals surface area contributed by atoms with Crippen molar-refractivity contribution in [3.05, 3.63) is 209 Å². The fourth-order valence-electron chi connectivity index (χ4n) is 8.79. The molecule has 0 saturated heterocycles. The molecule has 7 aromatic carbocycles. The highest BCUT2D eigenvalue weighted by molar-refractivity contribution is 5.90. The summed E-state index contributed by atoms with van der Waals surface area (Å²) >= 11 is 0. The lowest BCUT2D eigenvalue weighted by atomic mass is 9.55. The summed E-state index contributed by atoms with van der Waals surface area (Å²) in [5, 5.41) is 0. The van der Waals surface area contributed by atoms with Gasteiger partial charge < -0.3 is 0 Å².